The maximum Gasteiger partial charge on any atom is 3.00 e. The maximum absolute atomic E-state index is 8.52. The van der Waals surface area contributed by atoms with Crippen molar-refractivity contribution in [1.29, 1.82) is 0 Å². The average molecular weight is 472 g/mol. The van der Waals surface area contributed by atoms with E-state index in [9.17, 15) is 0 Å². The molecule has 0 amide bonds. The molecule has 0 spiro atoms. The van der Waals surface area contributed by atoms with Crippen molar-refractivity contribution in [3.63, 3.8) is 0 Å². The normalized spacial score (nSPS) is 10.2. The topological polar surface area (TPSA) is 250 Å². The van der Waals surface area contributed by atoms with E-state index in [0.29, 0.717) is 0 Å². The molecule has 0 aliphatic heterocycles. The molecule has 0 rings (SSSR count). The second-order valence-electron chi connectivity index (χ2n) is 3.48. The molecule has 0 N–H and O–H groups in total. The SMILES string of the molecule is CCCCCCOCC.O=S(=O)([O-])[O-].O=S(=O)([O-])[O-].O=S(=O)([O-])[O-].[Al+3].[Al+3]. The second-order valence-corrected chi connectivity index (χ2v) is 5.93. The minimum atomic E-state index is -5.17. The van der Waals surface area contributed by atoms with E-state index in [0.717, 1.165) is 13.2 Å². The van der Waals surface area contributed by atoms with Crippen molar-refractivity contribution in [2.75, 3.05) is 13.2 Å². The van der Waals surface area contributed by atoms with Crippen LogP contribution >= 0.6 is 0 Å². The number of ether oxygens (including phenoxy) is 1. The largest absolute Gasteiger partial charge is 3.00 e. The van der Waals surface area contributed by atoms with Crippen LogP contribution in [0.2, 0.25) is 0 Å². The fourth-order valence-corrected chi connectivity index (χ4v) is 0.775. The summed E-state index contributed by atoms with van der Waals surface area (Å²) < 4.78 is 107. The van der Waals surface area contributed by atoms with Crippen molar-refractivity contribution in [3.05, 3.63) is 0 Å². The van der Waals surface area contributed by atoms with Gasteiger partial charge in [0.2, 0.25) is 0 Å². The van der Waals surface area contributed by atoms with Crippen LogP contribution < -0.4 is 0 Å². The first-order chi connectivity index (χ1) is 10.4. The predicted molar refractivity (Wildman–Crippen MR) is 83.6 cm³/mol. The van der Waals surface area contributed by atoms with Gasteiger partial charge in [-0.05, 0) is 13.3 Å². The summed E-state index contributed by atoms with van der Waals surface area (Å²) in [5.74, 6) is 0. The molecule has 0 heterocycles. The first kappa shape index (κ1) is 41.1. The van der Waals surface area contributed by atoms with Crippen molar-refractivity contribution in [2.24, 2.45) is 0 Å². The van der Waals surface area contributed by atoms with Gasteiger partial charge in [-0.2, -0.15) is 0 Å². The van der Waals surface area contributed by atoms with Gasteiger partial charge in [0.05, 0.1) is 0 Å². The molecular weight excluding hydrogens is 454 g/mol. The van der Waals surface area contributed by atoms with Crippen LogP contribution in [0, 0.1) is 0 Å². The van der Waals surface area contributed by atoms with E-state index in [-0.39, 0.29) is 34.7 Å². The summed E-state index contributed by atoms with van der Waals surface area (Å²) in [4.78, 5) is 0. The number of unbranched alkanes of at least 4 members (excludes halogenated alkanes) is 3. The number of rotatable bonds is 6. The molecular formula is C8H18Al2O13S3. The summed E-state index contributed by atoms with van der Waals surface area (Å²) in [6.07, 6.45) is 5.23. The fourth-order valence-electron chi connectivity index (χ4n) is 0.775. The van der Waals surface area contributed by atoms with Crippen LogP contribution in [0.15, 0.2) is 0 Å². The number of hydrogen-bond acceptors (Lipinski definition) is 13. The van der Waals surface area contributed by atoms with E-state index in [1.54, 1.807) is 0 Å². The molecule has 0 bridgehead atoms. The van der Waals surface area contributed by atoms with Gasteiger partial charge in [-0.1, -0.05) is 26.2 Å². The van der Waals surface area contributed by atoms with Gasteiger partial charge in [0.15, 0.2) is 0 Å². The third kappa shape index (κ3) is 313. The Morgan fingerprint density at radius 3 is 1.08 bits per heavy atom. The molecule has 0 aromatic carbocycles. The van der Waals surface area contributed by atoms with E-state index < -0.39 is 31.2 Å². The van der Waals surface area contributed by atoms with Gasteiger partial charge in [0.25, 0.3) is 0 Å². The standard InChI is InChI=1S/C8H18O.2Al.3H2O4S/c1-3-5-6-7-8-9-4-2;;;3*1-5(2,3)4/h3-8H2,1-2H3;;;3*(H2,1,2,3,4)/q;2*+3;;;/p-6. The van der Waals surface area contributed by atoms with Crippen molar-refractivity contribution in [2.45, 2.75) is 39.5 Å². The minimum absolute atomic E-state index is 0. The summed E-state index contributed by atoms with van der Waals surface area (Å²) in [5.41, 5.74) is 0. The Morgan fingerprint density at radius 1 is 0.615 bits per heavy atom. The van der Waals surface area contributed by atoms with Crippen LogP contribution in [0.3, 0.4) is 0 Å². The van der Waals surface area contributed by atoms with Crippen LogP contribution in [-0.4, -0.2) is 101 Å². The Morgan fingerprint density at radius 2 is 0.885 bits per heavy atom. The Labute approximate surface area is 175 Å². The van der Waals surface area contributed by atoms with Crippen LogP contribution in [0.25, 0.3) is 0 Å². The van der Waals surface area contributed by atoms with Gasteiger partial charge in [-0.15, -0.1) is 0 Å². The summed E-state index contributed by atoms with van der Waals surface area (Å²) in [6, 6.07) is 0. The zero-order chi connectivity index (χ0) is 20.4. The first-order valence-electron chi connectivity index (χ1n) is 5.99. The zero-order valence-corrected chi connectivity index (χ0v) is 18.7. The van der Waals surface area contributed by atoms with E-state index in [4.69, 9.17) is 57.3 Å². The van der Waals surface area contributed by atoms with Crippen LogP contribution in [0.5, 0.6) is 0 Å². The van der Waals surface area contributed by atoms with E-state index in [1.165, 1.54) is 25.7 Å². The van der Waals surface area contributed by atoms with Crippen molar-refractivity contribution in [1.82, 2.24) is 0 Å². The molecule has 18 heteroatoms. The quantitative estimate of drug-likeness (QED) is 0.173. The molecule has 0 radical (unpaired) electrons. The van der Waals surface area contributed by atoms with Crippen LogP contribution in [0.1, 0.15) is 39.5 Å². The Hall–Kier alpha value is 0.635. The van der Waals surface area contributed by atoms with Gasteiger partial charge in [0.1, 0.15) is 0 Å². The molecule has 26 heavy (non-hydrogen) atoms. The van der Waals surface area contributed by atoms with E-state index in [2.05, 4.69) is 6.92 Å². The molecule has 0 unspecified atom stereocenters. The van der Waals surface area contributed by atoms with Crippen LogP contribution in [0.4, 0.5) is 0 Å². The molecule has 0 atom stereocenters. The number of hydrogen-bond donors (Lipinski definition) is 0. The summed E-state index contributed by atoms with van der Waals surface area (Å²) in [5, 5.41) is 0. The van der Waals surface area contributed by atoms with Gasteiger partial charge >= 0.3 is 34.7 Å². The third-order valence-electron chi connectivity index (χ3n) is 1.35. The molecule has 13 nitrogen and oxygen atoms in total. The fraction of sp³-hybridized carbons (Fsp3) is 1.00. The minimum Gasteiger partial charge on any atom is -0.759 e. The molecule has 152 valence electrons. The molecule has 0 aromatic rings. The Balaban J connectivity index is -0.0000000521. The molecule has 0 aromatic heterocycles. The van der Waals surface area contributed by atoms with Gasteiger partial charge in [-0.3, -0.25) is 25.3 Å². The van der Waals surface area contributed by atoms with Gasteiger partial charge in [0, 0.05) is 44.4 Å². The second kappa shape index (κ2) is 23.7. The predicted octanol–water partition coefficient (Wildman–Crippen LogP) is -2.17. The summed E-state index contributed by atoms with van der Waals surface area (Å²) in [7, 11) is -15.5. The summed E-state index contributed by atoms with van der Waals surface area (Å²) >= 11 is 0. The first-order valence-corrected chi connectivity index (χ1v) is 9.99. The van der Waals surface area contributed by atoms with Crippen molar-refractivity contribution < 1.29 is 57.3 Å². The Kier molecular flexibility index (Phi) is 37.4. The van der Waals surface area contributed by atoms with Crippen molar-refractivity contribution in [3.8, 4) is 0 Å². The third-order valence-corrected chi connectivity index (χ3v) is 1.35. The monoisotopic (exact) mass is 472 g/mol. The Bertz CT molecular complexity index is 457. The van der Waals surface area contributed by atoms with Gasteiger partial charge in [-0.25, -0.2) is 0 Å². The smallest absolute Gasteiger partial charge is 0.759 e. The summed E-state index contributed by atoms with van der Waals surface area (Å²) in [6.45, 7) is 6.09. The molecule has 0 aliphatic rings. The average Bonchev–Trinajstić information content (AvgIpc) is 2.22. The van der Waals surface area contributed by atoms with E-state index >= 15 is 0 Å². The zero-order valence-electron chi connectivity index (χ0n) is 13.9. The molecule has 0 fully saturated rings. The van der Waals surface area contributed by atoms with E-state index in [1.807, 2.05) is 6.92 Å². The molecule has 0 aliphatic carbocycles. The van der Waals surface area contributed by atoms with Gasteiger partial charge < -0.3 is 32.1 Å². The van der Waals surface area contributed by atoms with Crippen molar-refractivity contribution >= 4 is 65.9 Å². The maximum atomic E-state index is 8.52. The molecule has 0 saturated heterocycles. The molecule has 0 saturated carbocycles. The van der Waals surface area contributed by atoms with Crippen LogP contribution in [-0.2, 0) is 35.9 Å².